The average Bonchev–Trinajstić information content (AvgIpc) is 2.53. The van der Waals surface area contributed by atoms with Crippen LogP contribution in [0.5, 0.6) is 0 Å². The van der Waals surface area contributed by atoms with Crippen LogP contribution < -0.4 is 0 Å². The maximum absolute atomic E-state index is 2.33. The van der Waals surface area contributed by atoms with Gasteiger partial charge in [0.15, 0.2) is 0 Å². The number of rotatable bonds is 1. The minimum absolute atomic E-state index is 1.29. The molecule has 0 N–H and O–H groups in total. The van der Waals surface area contributed by atoms with Gasteiger partial charge in [0.1, 0.15) is 0 Å². The van der Waals surface area contributed by atoms with Crippen LogP contribution in [0.2, 0.25) is 0 Å². The Hall–Kier alpha value is -2.60. The molecule has 0 heterocycles. The van der Waals surface area contributed by atoms with Gasteiger partial charge in [-0.1, -0.05) is 66.2 Å². The van der Waals surface area contributed by atoms with Crippen LogP contribution in [0.3, 0.4) is 0 Å². The number of fused-ring (bicyclic) bond motifs is 2. The summed E-state index contributed by atoms with van der Waals surface area (Å²) in [5.74, 6) is 0. The highest BCUT2D eigenvalue weighted by Crippen LogP contribution is 2.33. The predicted octanol–water partition coefficient (Wildman–Crippen LogP) is 6.28. The Balaban J connectivity index is 2.08. The van der Waals surface area contributed by atoms with Gasteiger partial charge in [-0.05, 0) is 64.2 Å². The Morgan fingerprint density at radius 2 is 1.27 bits per heavy atom. The first-order chi connectivity index (χ1) is 10.7. The van der Waals surface area contributed by atoms with E-state index in [2.05, 4.69) is 86.6 Å². The molecular weight excluding hydrogens is 264 g/mol. The maximum Gasteiger partial charge on any atom is -0.00990 e. The molecule has 0 aromatic heterocycles. The Bertz CT molecular complexity index is 993. The van der Waals surface area contributed by atoms with Gasteiger partial charge in [0, 0.05) is 0 Å². The maximum atomic E-state index is 2.33. The van der Waals surface area contributed by atoms with Gasteiger partial charge in [0.05, 0.1) is 0 Å². The van der Waals surface area contributed by atoms with Crippen molar-refractivity contribution in [3.8, 4) is 11.1 Å². The van der Waals surface area contributed by atoms with Gasteiger partial charge in [-0.3, -0.25) is 0 Å². The molecule has 0 spiro atoms. The Labute approximate surface area is 131 Å². The van der Waals surface area contributed by atoms with Crippen molar-refractivity contribution in [2.45, 2.75) is 13.8 Å². The standard InChI is InChI=1S/C22H18/c1-15-6-3-8-17(12-15)20-11-5-10-19-13-21-16(2)7-4-9-18(21)14-22(19)20/h3-14H,1-2H3. The van der Waals surface area contributed by atoms with Crippen LogP contribution in [0.15, 0.2) is 72.8 Å². The van der Waals surface area contributed by atoms with Gasteiger partial charge in [-0.15, -0.1) is 0 Å². The average molecular weight is 282 g/mol. The van der Waals surface area contributed by atoms with E-state index in [1.54, 1.807) is 0 Å². The fourth-order valence-electron chi connectivity index (χ4n) is 3.27. The summed E-state index contributed by atoms with van der Waals surface area (Å²) < 4.78 is 0. The summed E-state index contributed by atoms with van der Waals surface area (Å²) >= 11 is 0. The van der Waals surface area contributed by atoms with Crippen molar-refractivity contribution in [1.29, 1.82) is 0 Å². The molecule has 0 aliphatic rings. The summed E-state index contributed by atoms with van der Waals surface area (Å²) in [5.41, 5.74) is 5.23. The SMILES string of the molecule is Cc1cccc(-c2cccc3cc4c(C)cccc4cc23)c1. The van der Waals surface area contributed by atoms with Crippen LogP contribution in [-0.4, -0.2) is 0 Å². The molecule has 0 aliphatic carbocycles. The number of hydrogen-bond acceptors (Lipinski definition) is 0. The van der Waals surface area contributed by atoms with E-state index in [1.165, 1.54) is 43.8 Å². The second-order valence-electron chi connectivity index (χ2n) is 6.04. The normalized spacial score (nSPS) is 11.2. The molecule has 0 atom stereocenters. The molecule has 4 aromatic carbocycles. The third-order valence-electron chi connectivity index (χ3n) is 4.43. The van der Waals surface area contributed by atoms with Crippen LogP contribution in [-0.2, 0) is 0 Å². The van der Waals surface area contributed by atoms with Gasteiger partial charge in [0.25, 0.3) is 0 Å². The van der Waals surface area contributed by atoms with Crippen molar-refractivity contribution in [2.24, 2.45) is 0 Å². The second-order valence-corrected chi connectivity index (χ2v) is 6.04. The molecule has 0 saturated carbocycles. The zero-order chi connectivity index (χ0) is 15.1. The third-order valence-corrected chi connectivity index (χ3v) is 4.43. The van der Waals surface area contributed by atoms with E-state index in [4.69, 9.17) is 0 Å². The molecule has 0 radical (unpaired) electrons. The third kappa shape index (κ3) is 2.08. The van der Waals surface area contributed by atoms with Crippen molar-refractivity contribution in [2.75, 3.05) is 0 Å². The highest BCUT2D eigenvalue weighted by molar-refractivity contribution is 6.05. The highest BCUT2D eigenvalue weighted by atomic mass is 14.1. The van der Waals surface area contributed by atoms with E-state index >= 15 is 0 Å². The van der Waals surface area contributed by atoms with Gasteiger partial charge < -0.3 is 0 Å². The Morgan fingerprint density at radius 1 is 0.591 bits per heavy atom. The minimum atomic E-state index is 1.29. The molecule has 106 valence electrons. The summed E-state index contributed by atoms with van der Waals surface area (Å²) in [6, 6.07) is 26.5. The van der Waals surface area contributed by atoms with Crippen LogP contribution in [0.4, 0.5) is 0 Å². The zero-order valence-electron chi connectivity index (χ0n) is 12.9. The molecule has 0 fully saturated rings. The zero-order valence-corrected chi connectivity index (χ0v) is 12.9. The fourth-order valence-corrected chi connectivity index (χ4v) is 3.27. The minimum Gasteiger partial charge on any atom is -0.0614 e. The van der Waals surface area contributed by atoms with Crippen molar-refractivity contribution >= 4 is 21.5 Å². The van der Waals surface area contributed by atoms with E-state index in [9.17, 15) is 0 Å². The lowest BCUT2D eigenvalue weighted by atomic mass is 9.94. The molecule has 0 amide bonds. The summed E-state index contributed by atoms with van der Waals surface area (Å²) in [6.07, 6.45) is 0. The molecule has 0 bridgehead atoms. The number of aryl methyl sites for hydroxylation is 2. The van der Waals surface area contributed by atoms with Crippen LogP contribution in [0.1, 0.15) is 11.1 Å². The summed E-state index contributed by atoms with van der Waals surface area (Å²) in [7, 11) is 0. The van der Waals surface area contributed by atoms with E-state index in [0.717, 1.165) is 0 Å². The second kappa shape index (κ2) is 4.99. The molecule has 0 saturated heterocycles. The quantitative estimate of drug-likeness (QED) is 0.360. The Morgan fingerprint density at radius 3 is 2.09 bits per heavy atom. The number of hydrogen-bond donors (Lipinski definition) is 0. The fraction of sp³-hybridized carbons (Fsp3) is 0.0909. The van der Waals surface area contributed by atoms with Crippen molar-refractivity contribution in [3.63, 3.8) is 0 Å². The molecule has 0 nitrogen and oxygen atoms in total. The molecular formula is C22H18. The van der Waals surface area contributed by atoms with E-state index in [-0.39, 0.29) is 0 Å². The first kappa shape index (κ1) is 13.1. The topological polar surface area (TPSA) is 0 Å². The molecule has 0 unspecified atom stereocenters. The van der Waals surface area contributed by atoms with Crippen LogP contribution in [0.25, 0.3) is 32.7 Å². The molecule has 4 rings (SSSR count). The summed E-state index contributed by atoms with van der Waals surface area (Å²) in [4.78, 5) is 0. The van der Waals surface area contributed by atoms with Crippen LogP contribution >= 0.6 is 0 Å². The van der Waals surface area contributed by atoms with Crippen LogP contribution in [0, 0.1) is 13.8 Å². The molecule has 4 aromatic rings. The molecule has 0 aliphatic heterocycles. The van der Waals surface area contributed by atoms with E-state index in [0.29, 0.717) is 0 Å². The largest absolute Gasteiger partial charge is 0.0614 e. The van der Waals surface area contributed by atoms with Crippen molar-refractivity contribution in [3.05, 3.63) is 83.9 Å². The smallest absolute Gasteiger partial charge is 0.00990 e. The monoisotopic (exact) mass is 282 g/mol. The van der Waals surface area contributed by atoms with Crippen molar-refractivity contribution < 1.29 is 0 Å². The Kier molecular flexibility index (Phi) is 2.97. The van der Waals surface area contributed by atoms with Gasteiger partial charge >= 0.3 is 0 Å². The summed E-state index contributed by atoms with van der Waals surface area (Å²) in [6.45, 7) is 4.33. The van der Waals surface area contributed by atoms with Crippen molar-refractivity contribution in [1.82, 2.24) is 0 Å². The lowest BCUT2D eigenvalue weighted by Gasteiger charge is -2.10. The molecule has 0 heteroatoms. The lowest BCUT2D eigenvalue weighted by Crippen LogP contribution is -1.85. The first-order valence-corrected chi connectivity index (χ1v) is 7.71. The number of benzene rings is 4. The first-order valence-electron chi connectivity index (χ1n) is 7.71. The highest BCUT2D eigenvalue weighted by Gasteiger charge is 2.06. The predicted molar refractivity (Wildman–Crippen MR) is 96.4 cm³/mol. The van der Waals surface area contributed by atoms with Gasteiger partial charge in [-0.25, -0.2) is 0 Å². The van der Waals surface area contributed by atoms with E-state index < -0.39 is 0 Å². The van der Waals surface area contributed by atoms with Gasteiger partial charge in [0.2, 0.25) is 0 Å². The van der Waals surface area contributed by atoms with E-state index in [1.807, 2.05) is 0 Å². The van der Waals surface area contributed by atoms with Gasteiger partial charge in [-0.2, -0.15) is 0 Å². The molecule has 22 heavy (non-hydrogen) atoms. The lowest BCUT2D eigenvalue weighted by molar-refractivity contribution is 1.47. The summed E-state index contributed by atoms with van der Waals surface area (Å²) in [5, 5.41) is 5.29.